The molecule has 2 fully saturated rings. The fourth-order valence-corrected chi connectivity index (χ4v) is 3.86. The van der Waals surface area contributed by atoms with Crippen molar-refractivity contribution in [2.75, 3.05) is 19.6 Å². The molecule has 0 bridgehead atoms. The van der Waals surface area contributed by atoms with Crippen molar-refractivity contribution in [2.24, 2.45) is 0 Å². The van der Waals surface area contributed by atoms with E-state index in [1.54, 1.807) is 4.90 Å². The molecule has 1 aromatic rings. The first-order valence-corrected chi connectivity index (χ1v) is 9.98. The van der Waals surface area contributed by atoms with Gasteiger partial charge >= 0.3 is 0 Å². The van der Waals surface area contributed by atoms with Gasteiger partial charge in [-0.2, -0.15) is 0 Å². The molecule has 3 rings (SSSR count). The Morgan fingerprint density at radius 3 is 2.58 bits per heavy atom. The van der Waals surface area contributed by atoms with Crippen molar-refractivity contribution < 1.29 is 9.59 Å². The van der Waals surface area contributed by atoms with Crippen molar-refractivity contribution in [1.29, 1.82) is 0 Å². The van der Waals surface area contributed by atoms with Crippen molar-refractivity contribution in [3.05, 3.63) is 35.4 Å². The number of likely N-dealkylation sites (tertiary alicyclic amines) is 2. The average Bonchev–Trinajstić information content (AvgIpc) is 3.06. The van der Waals surface area contributed by atoms with Gasteiger partial charge in [-0.05, 0) is 43.9 Å². The lowest BCUT2D eigenvalue weighted by molar-refractivity contribution is -0.128. The van der Waals surface area contributed by atoms with Crippen molar-refractivity contribution in [2.45, 2.75) is 64.6 Å². The number of benzene rings is 1. The van der Waals surface area contributed by atoms with Crippen molar-refractivity contribution in [3.8, 4) is 0 Å². The van der Waals surface area contributed by atoms with E-state index in [4.69, 9.17) is 0 Å². The van der Waals surface area contributed by atoms with Crippen LogP contribution in [0, 0.1) is 0 Å². The highest BCUT2D eigenvalue weighted by atomic mass is 16.2. The number of hydrogen-bond donors (Lipinski definition) is 1. The van der Waals surface area contributed by atoms with Gasteiger partial charge in [0, 0.05) is 45.1 Å². The van der Waals surface area contributed by atoms with Crippen LogP contribution >= 0.6 is 0 Å². The molecular formula is C21H31N3O2. The topological polar surface area (TPSA) is 52.7 Å². The number of rotatable bonds is 7. The van der Waals surface area contributed by atoms with Crippen LogP contribution in [0.5, 0.6) is 0 Å². The van der Waals surface area contributed by atoms with E-state index in [1.165, 1.54) is 31.4 Å². The van der Waals surface area contributed by atoms with Gasteiger partial charge in [0.15, 0.2) is 0 Å². The van der Waals surface area contributed by atoms with E-state index in [9.17, 15) is 9.59 Å². The average molecular weight is 357 g/mol. The first kappa shape index (κ1) is 18.9. The summed E-state index contributed by atoms with van der Waals surface area (Å²) < 4.78 is 0. The molecule has 142 valence electrons. The first-order valence-electron chi connectivity index (χ1n) is 9.98. The van der Waals surface area contributed by atoms with E-state index in [0.717, 1.165) is 25.1 Å². The second-order valence-electron chi connectivity index (χ2n) is 7.64. The van der Waals surface area contributed by atoms with E-state index in [0.29, 0.717) is 32.0 Å². The Kier molecular flexibility index (Phi) is 6.67. The van der Waals surface area contributed by atoms with Gasteiger partial charge in [-0.15, -0.1) is 0 Å². The third kappa shape index (κ3) is 5.31. The molecule has 2 saturated heterocycles. The predicted molar refractivity (Wildman–Crippen MR) is 102 cm³/mol. The van der Waals surface area contributed by atoms with Crippen LogP contribution < -0.4 is 5.32 Å². The minimum Gasteiger partial charge on any atom is -0.352 e. The molecule has 5 heteroatoms. The van der Waals surface area contributed by atoms with Crippen molar-refractivity contribution in [3.63, 3.8) is 0 Å². The fraction of sp³-hybridized carbons (Fsp3) is 0.619. The smallest absolute Gasteiger partial charge is 0.222 e. The summed E-state index contributed by atoms with van der Waals surface area (Å²) in [5, 5.41) is 2.96. The van der Waals surface area contributed by atoms with Crippen LogP contribution in [0.2, 0.25) is 0 Å². The number of nitrogens with one attached hydrogen (secondary N) is 1. The van der Waals surface area contributed by atoms with Crippen molar-refractivity contribution >= 4 is 11.8 Å². The Balaban J connectivity index is 1.39. The predicted octanol–water partition coefficient (Wildman–Crippen LogP) is 2.69. The van der Waals surface area contributed by atoms with E-state index in [2.05, 4.69) is 41.4 Å². The summed E-state index contributed by atoms with van der Waals surface area (Å²) in [5.74, 6) is 0.187. The molecule has 2 heterocycles. The lowest BCUT2D eigenvalue weighted by Gasteiger charge is -2.33. The molecule has 1 unspecified atom stereocenters. The Labute approximate surface area is 156 Å². The highest BCUT2D eigenvalue weighted by molar-refractivity contribution is 5.80. The Morgan fingerprint density at radius 1 is 1.12 bits per heavy atom. The van der Waals surface area contributed by atoms with Crippen LogP contribution in [0.4, 0.5) is 0 Å². The monoisotopic (exact) mass is 357 g/mol. The van der Waals surface area contributed by atoms with Crippen molar-refractivity contribution in [1.82, 2.24) is 15.1 Å². The third-order valence-electron chi connectivity index (χ3n) is 5.62. The minimum absolute atomic E-state index is 0.0101. The molecule has 2 aliphatic heterocycles. The van der Waals surface area contributed by atoms with Crippen LogP contribution in [-0.2, 0) is 22.7 Å². The standard InChI is InChI=1S/C21H31N3O2/c1-17-5-2-3-12-24(17)16-19-9-7-18(8-10-19)15-22-20(25)11-14-23-13-4-6-21(23)26/h7-10,17H,2-6,11-16H2,1H3,(H,22,25). The highest BCUT2D eigenvalue weighted by Gasteiger charge is 2.20. The van der Waals surface area contributed by atoms with Gasteiger partial charge in [-0.3, -0.25) is 14.5 Å². The van der Waals surface area contributed by atoms with Crippen LogP contribution in [0.15, 0.2) is 24.3 Å². The third-order valence-corrected chi connectivity index (χ3v) is 5.62. The molecule has 0 spiro atoms. The van der Waals surface area contributed by atoms with Crippen LogP contribution in [0.25, 0.3) is 0 Å². The summed E-state index contributed by atoms with van der Waals surface area (Å²) in [5.41, 5.74) is 2.45. The van der Waals surface area contributed by atoms with E-state index in [1.807, 2.05) is 0 Å². The van der Waals surface area contributed by atoms with Crippen LogP contribution in [0.3, 0.4) is 0 Å². The lowest BCUT2D eigenvalue weighted by atomic mass is 10.0. The zero-order chi connectivity index (χ0) is 18.4. The molecular weight excluding hydrogens is 326 g/mol. The van der Waals surface area contributed by atoms with Gasteiger partial charge in [0.05, 0.1) is 0 Å². The molecule has 5 nitrogen and oxygen atoms in total. The quantitative estimate of drug-likeness (QED) is 0.816. The van der Waals surface area contributed by atoms with Gasteiger partial charge in [-0.1, -0.05) is 30.7 Å². The first-order chi connectivity index (χ1) is 12.6. The highest BCUT2D eigenvalue weighted by Crippen LogP contribution is 2.19. The maximum Gasteiger partial charge on any atom is 0.222 e. The number of nitrogens with zero attached hydrogens (tertiary/aromatic N) is 2. The van der Waals surface area contributed by atoms with Gasteiger partial charge in [-0.25, -0.2) is 0 Å². The molecule has 1 atom stereocenters. The Bertz CT molecular complexity index is 614. The summed E-state index contributed by atoms with van der Waals surface area (Å²) in [6.45, 7) is 6.41. The maximum atomic E-state index is 12.0. The van der Waals surface area contributed by atoms with E-state index >= 15 is 0 Å². The van der Waals surface area contributed by atoms with E-state index < -0.39 is 0 Å². The summed E-state index contributed by atoms with van der Waals surface area (Å²) in [7, 11) is 0. The largest absolute Gasteiger partial charge is 0.352 e. The molecule has 0 aliphatic carbocycles. The SMILES string of the molecule is CC1CCCCN1Cc1ccc(CNC(=O)CCN2CCCC2=O)cc1. The van der Waals surface area contributed by atoms with Gasteiger partial charge in [0.25, 0.3) is 0 Å². The Morgan fingerprint density at radius 2 is 1.88 bits per heavy atom. The van der Waals surface area contributed by atoms with Gasteiger partial charge in [0.2, 0.25) is 11.8 Å². The molecule has 0 saturated carbocycles. The summed E-state index contributed by atoms with van der Waals surface area (Å²) in [6.07, 6.45) is 5.89. The summed E-state index contributed by atoms with van der Waals surface area (Å²) in [6, 6.07) is 9.23. The van der Waals surface area contributed by atoms with Gasteiger partial charge in [0.1, 0.15) is 0 Å². The maximum absolute atomic E-state index is 12.0. The summed E-state index contributed by atoms with van der Waals surface area (Å²) in [4.78, 5) is 27.9. The normalized spacial score (nSPS) is 21.2. The minimum atomic E-state index is 0.0101. The fourth-order valence-electron chi connectivity index (χ4n) is 3.86. The number of piperidine rings is 1. The second-order valence-corrected chi connectivity index (χ2v) is 7.64. The van der Waals surface area contributed by atoms with Crippen LogP contribution in [-0.4, -0.2) is 47.3 Å². The Hall–Kier alpha value is -1.88. The molecule has 0 aromatic heterocycles. The van der Waals surface area contributed by atoms with Gasteiger partial charge < -0.3 is 10.2 Å². The van der Waals surface area contributed by atoms with E-state index in [-0.39, 0.29) is 11.8 Å². The molecule has 2 aliphatic rings. The lowest BCUT2D eigenvalue weighted by Crippen LogP contribution is -2.36. The second kappa shape index (κ2) is 9.17. The number of carbonyl (C=O) groups is 2. The molecule has 2 amide bonds. The summed E-state index contributed by atoms with van der Waals surface area (Å²) >= 11 is 0. The molecule has 1 aromatic carbocycles. The van der Waals surface area contributed by atoms with Crippen LogP contribution in [0.1, 0.15) is 56.6 Å². The number of hydrogen-bond acceptors (Lipinski definition) is 3. The zero-order valence-electron chi connectivity index (χ0n) is 15.9. The molecule has 26 heavy (non-hydrogen) atoms. The zero-order valence-corrected chi connectivity index (χ0v) is 15.9. The number of amides is 2. The molecule has 0 radical (unpaired) electrons. The number of carbonyl (C=O) groups excluding carboxylic acids is 2. The molecule has 1 N–H and O–H groups in total.